The number of amides is 1. The summed E-state index contributed by atoms with van der Waals surface area (Å²) < 4.78 is 48.2. The molecule has 1 unspecified atom stereocenters. The van der Waals surface area contributed by atoms with E-state index in [1.54, 1.807) is 31.2 Å². The Bertz CT molecular complexity index is 1050. The van der Waals surface area contributed by atoms with Gasteiger partial charge in [0.15, 0.2) is 6.10 Å². The van der Waals surface area contributed by atoms with Crippen molar-refractivity contribution >= 4 is 12.1 Å². The lowest BCUT2D eigenvalue weighted by atomic mass is 10.1. The van der Waals surface area contributed by atoms with Crippen molar-refractivity contribution in [2.24, 2.45) is 0 Å². The third kappa shape index (κ3) is 11.6. The van der Waals surface area contributed by atoms with Crippen molar-refractivity contribution in [3.05, 3.63) is 58.7 Å². The molecule has 1 amide bonds. The van der Waals surface area contributed by atoms with Gasteiger partial charge in [-0.05, 0) is 63.4 Å². The monoisotopic (exact) mass is 551 g/mol. The average Bonchev–Trinajstić information content (AvgIpc) is 2.84. The molecular formula is C29H39F2NO7. The Morgan fingerprint density at radius 3 is 2.18 bits per heavy atom. The number of carbonyl (C=O) groups is 2. The molecule has 0 heterocycles. The number of hydrogen-bond acceptors (Lipinski definition) is 6. The second kappa shape index (κ2) is 15.4. The molecule has 0 aliphatic heterocycles. The van der Waals surface area contributed by atoms with Crippen molar-refractivity contribution in [1.82, 2.24) is 4.90 Å². The first-order valence-electron chi connectivity index (χ1n) is 13.0. The quantitative estimate of drug-likeness (QED) is 0.272. The van der Waals surface area contributed by atoms with E-state index >= 15 is 0 Å². The van der Waals surface area contributed by atoms with E-state index in [-0.39, 0.29) is 39.3 Å². The lowest BCUT2D eigenvalue weighted by Gasteiger charge is -2.23. The van der Waals surface area contributed by atoms with Crippen molar-refractivity contribution in [1.29, 1.82) is 0 Å². The van der Waals surface area contributed by atoms with Crippen molar-refractivity contribution in [2.45, 2.75) is 59.5 Å². The Balaban J connectivity index is 1.98. The number of aliphatic carboxylic acids is 1. The van der Waals surface area contributed by atoms with E-state index in [0.29, 0.717) is 18.1 Å². The minimum absolute atomic E-state index is 0.0658. The van der Waals surface area contributed by atoms with Gasteiger partial charge in [-0.1, -0.05) is 29.8 Å². The van der Waals surface area contributed by atoms with Crippen LogP contribution in [0.5, 0.6) is 11.5 Å². The number of aryl methyl sites for hydroxylation is 3. The molecule has 0 saturated heterocycles. The largest absolute Gasteiger partial charge is 0.492 e. The molecular weight excluding hydrogens is 512 g/mol. The number of ether oxygens (including phenoxy) is 4. The number of halogens is 2. The van der Waals surface area contributed by atoms with Gasteiger partial charge in [0, 0.05) is 26.0 Å². The standard InChI is InChI=1S/C29H39F2NO7/c1-6-37-25(27(33)34)19-23-7-9-24(10-8-23)38-16-13-32(12-15-36-14-11-29(5,30)31)28(35)39-26-21(3)17-20(2)18-22(26)4/h7-10,17-18,25H,6,11-16,19H2,1-5H3,(H,33,34). The highest BCUT2D eigenvalue weighted by Gasteiger charge is 2.22. The van der Waals surface area contributed by atoms with E-state index in [9.17, 15) is 23.5 Å². The summed E-state index contributed by atoms with van der Waals surface area (Å²) in [6.45, 7) is 8.94. The third-order valence-electron chi connectivity index (χ3n) is 5.86. The van der Waals surface area contributed by atoms with Crippen LogP contribution in [-0.4, -0.2) is 73.6 Å². The smallest absolute Gasteiger partial charge is 0.415 e. The number of carbonyl (C=O) groups excluding carboxylic acids is 1. The first kappa shape index (κ1) is 32.0. The van der Waals surface area contributed by atoms with Gasteiger partial charge in [-0.15, -0.1) is 0 Å². The summed E-state index contributed by atoms with van der Waals surface area (Å²) in [7, 11) is 0. The van der Waals surface area contributed by atoms with Crippen molar-refractivity contribution in [3.8, 4) is 11.5 Å². The van der Waals surface area contributed by atoms with Crippen LogP contribution in [0.25, 0.3) is 0 Å². The Morgan fingerprint density at radius 1 is 1.00 bits per heavy atom. The Morgan fingerprint density at radius 2 is 1.62 bits per heavy atom. The highest BCUT2D eigenvalue weighted by Crippen LogP contribution is 2.25. The summed E-state index contributed by atoms with van der Waals surface area (Å²) in [6.07, 6.45) is -1.70. The fraction of sp³-hybridized carbons (Fsp3) is 0.517. The van der Waals surface area contributed by atoms with Crippen LogP contribution in [0.1, 0.15) is 42.5 Å². The maximum atomic E-state index is 13.1. The molecule has 8 nitrogen and oxygen atoms in total. The molecule has 0 aliphatic rings. The van der Waals surface area contributed by atoms with Gasteiger partial charge in [-0.2, -0.15) is 0 Å². The van der Waals surface area contributed by atoms with Crippen molar-refractivity contribution in [2.75, 3.05) is 39.5 Å². The molecule has 2 aromatic rings. The van der Waals surface area contributed by atoms with Gasteiger partial charge in [0.2, 0.25) is 5.92 Å². The topological polar surface area (TPSA) is 94.5 Å². The van der Waals surface area contributed by atoms with Crippen molar-refractivity contribution < 1.29 is 42.4 Å². The number of benzene rings is 2. The van der Waals surface area contributed by atoms with Gasteiger partial charge >= 0.3 is 12.1 Å². The number of carboxylic acids is 1. The Labute approximate surface area is 228 Å². The zero-order chi connectivity index (χ0) is 29.0. The first-order chi connectivity index (χ1) is 18.4. The SMILES string of the molecule is CCOC(Cc1ccc(OCCN(CCOCCC(C)(F)F)C(=O)Oc2c(C)cc(C)cc2C)cc1)C(=O)O. The number of nitrogens with zero attached hydrogens (tertiary/aromatic N) is 1. The minimum Gasteiger partial charge on any atom is -0.492 e. The Kier molecular flexibility index (Phi) is 12.6. The zero-order valence-corrected chi connectivity index (χ0v) is 23.3. The van der Waals surface area contributed by atoms with Crippen LogP contribution in [-0.2, 0) is 20.7 Å². The summed E-state index contributed by atoms with van der Waals surface area (Å²) in [6, 6.07) is 10.8. The molecule has 0 fully saturated rings. The van der Waals surface area contributed by atoms with Gasteiger partial charge in [0.1, 0.15) is 18.1 Å². The van der Waals surface area contributed by atoms with E-state index in [1.165, 1.54) is 4.90 Å². The molecule has 2 rings (SSSR count). The summed E-state index contributed by atoms with van der Waals surface area (Å²) in [4.78, 5) is 25.8. The fourth-order valence-corrected chi connectivity index (χ4v) is 3.93. The molecule has 2 aromatic carbocycles. The summed E-state index contributed by atoms with van der Waals surface area (Å²) in [5, 5.41) is 9.26. The Hall–Kier alpha value is -3.24. The molecule has 10 heteroatoms. The summed E-state index contributed by atoms with van der Waals surface area (Å²) in [5.74, 6) is -2.82. The lowest BCUT2D eigenvalue weighted by Crippen LogP contribution is -2.39. The first-order valence-corrected chi connectivity index (χ1v) is 13.0. The molecule has 1 atom stereocenters. The highest BCUT2D eigenvalue weighted by atomic mass is 19.3. The molecule has 1 N–H and O–H groups in total. The predicted molar refractivity (Wildman–Crippen MR) is 143 cm³/mol. The van der Waals surface area contributed by atoms with E-state index < -0.39 is 30.5 Å². The number of alkyl halides is 2. The van der Waals surface area contributed by atoms with Crippen molar-refractivity contribution in [3.63, 3.8) is 0 Å². The molecule has 0 aromatic heterocycles. The normalized spacial score (nSPS) is 12.2. The van der Waals surface area contributed by atoms with Gasteiger partial charge in [0.25, 0.3) is 0 Å². The highest BCUT2D eigenvalue weighted by molar-refractivity contribution is 5.73. The van der Waals surface area contributed by atoms with Crippen LogP contribution in [0.15, 0.2) is 36.4 Å². The lowest BCUT2D eigenvalue weighted by molar-refractivity contribution is -0.149. The second-order valence-corrected chi connectivity index (χ2v) is 9.49. The molecule has 0 saturated carbocycles. The van der Waals surface area contributed by atoms with Crippen LogP contribution in [0, 0.1) is 20.8 Å². The minimum atomic E-state index is -2.82. The average molecular weight is 552 g/mol. The fourth-order valence-electron chi connectivity index (χ4n) is 3.93. The van der Waals surface area contributed by atoms with E-state index in [4.69, 9.17) is 18.9 Å². The van der Waals surface area contributed by atoms with Crippen LogP contribution in [0.2, 0.25) is 0 Å². The molecule has 216 valence electrons. The number of rotatable bonds is 16. The van der Waals surface area contributed by atoms with E-state index in [0.717, 1.165) is 29.2 Å². The molecule has 39 heavy (non-hydrogen) atoms. The maximum Gasteiger partial charge on any atom is 0.415 e. The molecule has 0 radical (unpaired) electrons. The van der Waals surface area contributed by atoms with E-state index in [2.05, 4.69) is 0 Å². The van der Waals surface area contributed by atoms with E-state index in [1.807, 2.05) is 32.9 Å². The molecule has 0 aliphatic carbocycles. The predicted octanol–water partition coefficient (Wildman–Crippen LogP) is 5.59. The number of carboxylic acid groups (broad SMARTS) is 1. The third-order valence-corrected chi connectivity index (χ3v) is 5.86. The van der Waals surface area contributed by atoms with Gasteiger partial charge in [-0.3, -0.25) is 0 Å². The summed E-state index contributed by atoms with van der Waals surface area (Å²) in [5.41, 5.74) is 3.49. The van der Waals surface area contributed by atoms with Crippen LogP contribution < -0.4 is 9.47 Å². The second-order valence-electron chi connectivity index (χ2n) is 9.49. The van der Waals surface area contributed by atoms with Crippen LogP contribution in [0.4, 0.5) is 13.6 Å². The zero-order valence-electron chi connectivity index (χ0n) is 23.3. The van der Waals surface area contributed by atoms with Gasteiger partial charge in [0.05, 0.1) is 19.8 Å². The summed E-state index contributed by atoms with van der Waals surface area (Å²) >= 11 is 0. The molecule has 0 bridgehead atoms. The van der Waals surface area contributed by atoms with Gasteiger partial charge < -0.3 is 29.0 Å². The van der Waals surface area contributed by atoms with Crippen LogP contribution in [0.3, 0.4) is 0 Å². The maximum absolute atomic E-state index is 13.1. The van der Waals surface area contributed by atoms with Crippen LogP contribution >= 0.6 is 0 Å². The number of hydrogen-bond donors (Lipinski definition) is 1. The van der Waals surface area contributed by atoms with Gasteiger partial charge in [-0.25, -0.2) is 18.4 Å². The molecule has 0 spiro atoms.